The van der Waals surface area contributed by atoms with E-state index in [2.05, 4.69) is 48.2 Å². The third kappa shape index (κ3) is 4.31. The molecule has 5 rings (SSSR count). The molecule has 1 amide bonds. The van der Waals surface area contributed by atoms with Crippen LogP contribution in [0.15, 0.2) is 36.4 Å². The third-order valence-electron chi connectivity index (χ3n) is 7.39. The van der Waals surface area contributed by atoms with E-state index >= 15 is 0 Å². The Morgan fingerprint density at radius 2 is 1.68 bits per heavy atom. The molecule has 0 aliphatic carbocycles. The molecule has 0 N–H and O–H groups in total. The largest absolute Gasteiger partial charge is 0.312 e. The highest BCUT2D eigenvalue weighted by Crippen LogP contribution is 2.38. The zero-order valence-electron chi connectivity index (χ0n) is 18.5. The fraction of sp³-hybridized carbons (Fsp3) is 0.481. The van der Waals surface area contributed by atoms with Gasteiger partial charge in [0.05, 0.1) is 5.69 Å². The Morgan fingerprint density at radius 3 is 2.42 bits per heavy atom. The second kappa shape index (κ2) is 8.58. The molecule has 4 heteroatoms. The van der Waals surface area contributed by atoms with Crippen molar-refractivity contribution in [3.63, 3.8) is 0 Å². The monoisotopic (exact) mass is 416 g/mol. The van der Waals surface area contributed by atoms with Crippen molar-refractivity contribution in [3.05, 3.63) is 64.2 Å². The van der Waals surface area contributed by atoms with Gasteiger partial charge in [-0.1, -0.05) is 29.8 Å². The predicted octanol–water partition coefficient (Wildman–Crippen LogP) is 4.71. The van der Waals surface area contributed by atoms with E-state index in [0.29, 0.717) is 18.8 Å². The Hall–Kier alpha value is -2.46. The van der Waals surface area contributed by atoms with E-state index in [1.807, 2.05) is 4.90 Å². The van der Waals surface area contributed by atoms with Crippen LogP contribution in [0.1, 0.15) is 64.7 Å². The summed E-state index contributed by atoms with van der Waals surface area (Å²) in [5.74, 6) is 1.16. The van der Waals surface area contributed by atoms with Crippen LogP contribution in [0.3, 0.4) is 0 Å². The van der Waals surface area contributed by atoms with E-state index in [0.717, 1.165) is 56.7 Å². The number of amides is 1. The van der Waals surface area contributed by atoms with Crippen molar-refractivity contribution in [1.29, 1.82) is 0 Å². The van der Waals surface area contributed by atoms with Gasteiger partial charge in [-0.05, 0) is 86.9 Å². The molecule has 0 radical (unpaired) electrons. The Kier molecular flexibility index (Phi) is 5.66. The molecule has 0 spiro atoms. The van der Waals surface area contributed by atoms with Gasteiger partial charge in [0.25, 0.3) is 0 Å². The molecular formula is C27H32N2O2. The number of likely N-dealkylation sites (tertiary alicyclic amines) is 1. The van der Waals surface area contributed by atoms with Crippen LogP contribution in [-0.4, -0.2) is 36.2 Å². The van der Waals surface area contributed by atoms with Crippen LogP contribution in [-0.2, 0) is 24.2 Å². The summed E-state index contributed by atoms with van der Waals surface area (Å²) in [5.41, 5.74) is 7.06. The normalized spacial score (nSPS) is 19.0. The summed E-state index contributed by atoms with van der Waals surface area (Å²) in [6.45, 7) is 6.19. The summed E-state index contributed by atoms with van der Waals surface area (Å²) >= 11 is 0. The summed E-state index contributed by atoms with van der Waals surface area (Å²) in [6, 6.07) is 13.0. The van der Waals surface area contributed by atoms with E-state index in [9.17, 15) is 9.59 Å². The topological polar surface area (TPSA) is 40.6 Å². The highest BCUT2D eigenvalue weighted by atomic mass is 16.2. The van der Waals surface area contributed by atoms with Crippen LogP contribution in [0, 0.1) is 12.8 Å². The van der Waals surface area contributed by atoms with Crippen LogP contribution >= 0.6 is 0 Å². The van der Waals surface area contributed by atoms with Gasteiger partial charge in [-0.15, -0.1) is 0 Å². The first-order valence-corrected chi connectivity index (χ1v) is 11.8. The number of benzene rings is 2. The number of ketones is 1. The number of aryl methyl sites for hydroxylation is 2. The number of carbonyl (C=O) groups is 2. The van der Waals surface area contributed by atoms with Crippen LogP contribution in [0.2, 0.25) is 0 Å². The second-order valence-corrected chi connectivity index (χ2v) is 9.61. The lowest BCUT2D eigenvalue weighted by molar-refractivity contribution is -0.118. The number of rotatable bonds is 6. The molecule has 0 bridgehead atoms. The molecule has 2 aromatic carbocycles. The molecule has 31 heavy (non-hydrogen) atoms. The quantitative estimate of drug-likeness (QED) is 0.641. The van der Waals surface area contributed by atoms with Gasteiger partial charge in [-0.3, -0.25) is 14.5 Å². The van der Waals surface area contributed by atoms with Crippen molar-refractivity contribution in [2.24, 2.45) is 5.92 Å². The van der Waals surface area contributed by atoms with Gasteiger partial charge in [0.2, 0.25) is 5.91 Å². The Balaban J connectivity index is 1.13. The molecule has 3 aliphatic heterocycles. The zero-order valence-corrected chi connectivity index (χ0v) is 18.5. The zero-order chi connectivity index (χ0) is 21.4. The van der Waals surface area contributed by atoms with Crippen molar-refractivity contribution in [1.82, 2.24) is 4.90 Å². The van der Waals surface area contributed by atoms with Crippen LogP contribution < -0.4 is 4.90 Å². The highest BCUT2D eigenvalue weighted by Gasteiger charge is 2.32. The van der Waals surface area contributed by atoms with Gasteiger partial charge in [0.1, 0.15) is 0 Å². The maximum absolute atomic E-state index is 13.0. The molecule has 0 atom stereocenters. The second-order valence-electron chi connectivity index (χ2n) is 9.61. The number of nitrogens with zero attached hydrogens (tertiary/aromatic N) is 2. The Bertz CT molecular complexity index is 987. The van der Waals surface area contributed by atoms with Crippen molar-refractivity contribution < 1.29 is 9.59 Å². The number of hydrogen-bond donors (Lipinski definition) is 0. The first-order chi connectivity index (χ1) is 15.1. The van der Waals surface area contributed by atoms with Gasteiger partial charge in [0, 0.05) is 31.5 Å². The number of hydrogen-bond acceptors (Lipinski definition) is 3. The van der Waals surface area contributed by atoms with Gasteiger partial charge in [0.15, 0.2) is 5.78 Å². The van der Waals surface area contributed by atoms with Crippen molar-refractivity contribution in [2.75, 3.05) is 24.5 Å². The smallest absolute Gasteiger partial charge is 0.227 e. The molecule has 1 fully saturated rings. The van der Waals surface area contributed by atoms with E-state index in [1.54, 1.807) is 0 Å². The predicted molar refractivity (Wildman–Crippen MR) is 124 cm³/mol. The molecule has 3 heterocycles. The third-order valence-corrected chi connectivity index (χ3v) is 7.39. The van der Waals surface area contributed by atoms with E-state index in [4.69, 9.17) is 0 Å². The summed E-state index contributed by atoms with van der Waals surface area (Å²) in [5, 5.41) is 0. The first-order valence-electron chi connectivity index (χ1n) is 11.8. The molecule has 2 aromatic rings. The van der Waals surface area contributed by atoms with Crippen molar-refractivity contribution in [3.8, 4) is 0 Å². The molecular weight excluding hydrogens is 384 g/mol. The standard InChI is InChI=1S/C27H32N2O2/c1-19-2-4-21(5-3-19)18-28-13-10-20(11-14-28)6-8-25(30)24-16-22-7-9-26(31)29-15-12-23(17-24)27(22)29/h2-5,16-17,20H,6-15,18H2,1H3. The van der Waals surface area contributed by atoms with Crippen LogP contribution in [0.25, 0.3) is 0 Å². The average Bonchev–Trinajstić information content (AvgIpc) is 3.22. The fourth-order valence-corrected chi connectivity index (χ4v) is 5.48. The lowest BCUT2D eigenvalue weighted by Gasteiger charge is -2.32. The minimum absolute atomic E-state index is 0.235. The minimum Gasteiger partial charge on any atom is -0.312 e. The van der Waals surface area contributed by atoms with Gasteiger partial charge in [-0.25, -0.2) is 0 Å². The lowest BCUT2D eigenvalue weighted by atomic mass is 9.89. The van der Waals surface area contributed by atoms with E-state index < -0.39 is 0 Å². The number of Topliss-reactive ketones (excluding diaryl/α,β-unsaturated/α-hetero) is 1. The van der Waals surface area contributed by atoms with Crippen molar-refractivity contribution >= 4 is 17.4 Å². The summed E-state index contributed by atoms with van der Waals surface area (Å²) in [6.07, 6.45) is 6.24. The van der Waals surface area contributed by atoms with Gasteiger partial charge >= 0.3 is 0 Å². The molecule has 1 saturated heterocycles. The average molecular weight is 417 g/mol. The minimum atomic E-state index is 0.235. The Labute approximate surface area is 185 Å². The highest BCUT2D eigenvalue weighted by molar-refractivity contribution is 6.02. The number of anilines is 1. The maximum Gasteiger partial charge on any atom is 0.227 e. The van der Waals surface area contributed by atoms with Crippen molar-refractivity contribution in [2.45, 2.75) is 58.4 Å². The van der Waals surface area contributed by atoms with Crippen LogP contribution in [0.5, 0.6) is 0 Å². The molecule has 0 aromatic heterocycles. The first kappa shape index (κ1) is 20.4. The lowest BCUT2D eigenvalue weighted by Crippen LogP contribution is -2.33. The molecule has 0 unspecified atom stereocenters. The van der Waals surface area contributed by atoms with E-state index in [-0.39, 0.29) is 11.7 Å². The molecule has 4 nitrogen and oxygen atoms in total. The van der Waals surface area contributed by atoms with E-state index in [1.165, 1.54) is 35.1 Å². The number of carbonyl (C=O) groups excluding carboxylic acids is 2. The molecule has 3 aliphatic rings. The number of piperidine rings is 1. The molecule has 0 saturated carbocycles. The van der Waals surface area contributed by atoms with Gasteiger partial charge < -0.3 is 4.90 Å². The molecule has 162 valence electrons. The fourth-order valence-electron chi connectivity index (χ4n) is 5.48. The summed E-state index contributed by atoms with van der Waals surface area (Å²) in [7, 11) is 0. The summed E-state index contributed by atoms with van der Waals surface area (Å²) < 4.78 is 0. The SMILES string of the molecule is Cc1ccc(CN2CCC(CCC(=O)c3cc4c5c(c3)CCN5C(=O)CC4)CC2)cc1. The van der Waals surface area contributed by atoms with Crippen LogP contribution in [0.4, 0.5) is 5.69 Å². The maximum atomic E-state index is 13.0. The Morgan fingerprint density at radius 1 is 0.968 bits per heavy atom. The van der Waals surface area contributed by atoms with Gasteiger partial charge in [-0.2, -0.15) is 0 Å². The summed E-state index contributed by atoms with van der Waals surface area (Å²) in [4.78, 5) is 29.5.